The second-order valence-electron chi connectivity index (χ2n) is 9.48. The van der Waals surface area contributed by atoms with Gasteiger partial charge in [0.15, 0.2) is 0 Å². The van der Waals surface area contributed by atoms with E-state index in [4.69, 9.17) is 9.97 Å². The van der Waals surface area contributed by atoms with Crippen molar-refractivity contribution >= 4 is 57.5 Å². The van der Waals surface area contributed by atoms with Crippen LogP contribution in [0.3, 0.4) is 0 Å². The largest absolute Gasteiger partial charge is 0.328 e. The van der Waals surface area contributed by atoms with Crippen molar-refractivity contribution in [3.8, 4) is 0 Å². The van der Waals surface area contributed by atoms with Gasteiger partial charge in [0.1, 0.15) is 11.8 Å². The lowest BCUT2D eigenvalue weighted by Gasteiger charge is -2.37. The van der Waals surface area contributed by atoms with Crippen LogP contribution < -0.4 is 21.3 Å². The number of imide groups is 4. The highest BCUT2D eigenvalue weighted by Crippen LogP contribution is 2.44. The molecule has 0 saturated carbocycles. The number of nitrogens with zero attached hydrogens (tertiary/aromatic N) is 2. The Morgan fingerprint density at radius 2 is 0.825 bits per heavy atom. The summed E-state index contributed by atoms with van der Waals surface area (Å²) in [5.41, 5.74) is 1.49. The van der Waals surface area contributed by atoms with Crippen LogP contribution in [0.25, 0.3) is 21.8 Å². The molecule has 4 aromatic rings. The van der Waals surface area contributed by atoms with Crippen LogP contribution in [0.5, 0.6) is 0 Å². The van der Waals surface area contributed by atoms with Gasteiger partial charge in [-0.1, -0.05) is 48.5 Å². The van der Waals surface area contributed by atoms with Gasteiger partial charge in [-0.05, 0) is 24.3 Å². The fourth-order valence-electron chi connectivity index (χ4n) is 5.37. The number of rotatable bonds is 5. The number of aromatic nitrogens is 2. The molecule has 2 aromatic heterocycles. The van der Waals surface area contributed by atoms with Crippen LogP contribution in [0.1, 0.15) is 23.2 Å². The number of fused-ring (bicyclic) bond motifs is 2. The fraction of sp³-hybridized carbons (Fsp3) is 0.143. The van der Waals surface area contributed by atoms with E-state index in [-0.39, 0.29) is 11.4 Å². The first-order valence-electron chi connectivity index (χ1n) is 12.3. The number of barbiturate groups is 2. The van der Waals surface area contributed by atoms with Gasteiger partial charge in [-0.3, -0.25) is 50.4 Å². The summed E-state index contributed by atoms with van der Waals surface area (Å²) in [5.74, 6) is -9.38. The standard InChI is InChI=1S/C28H20N6O6/c35-23-21(24(36)32-27(39)31-23)19(17-11-9-13-5-1-3-7-15(13)29-17)20(22-25(37)33-28(40)34-26(22)38)18-12-10-14-6-2-4-8-16(14)30-18/h1-12,19-22H,(H2,31,32,35,36,39)(H2,33,34,37,38,40). The molecule has 8 amide bonds. The molecular weight excluding hydrogens is 516 g/mol. The molecule has 0 radical (unpaired) electrons. The average molecular weight is 537 g/mol. The minimum absolute atomic E-state index is 0.209. The van der Waals surface area contributed by atoms with Gasteiger partial charge in [0.25, 0.3) is 0 Å². The van der Waals surface area contributed by atoms with Gasteiger partial charge in [0, 0.05) is 34.0 Å². The molecule has 2 aliphatic rings. The number of hydrogen-bond acceptors (Lipinski definition) is 8. The maximum atomic E-state index is 13.2. The molecule has 2 aliphatic heterocycles. The van der Waals surface area contributed by atoms with Gasteiger partial charge in [-0.2, -0.15) is 0 Å². The zero-order valence-corrected chi connectivity index (χ0v) is 20.6. The summed E-state index contributed by atoms with van der Waals surface area (Å²) in [6.45, 7) is 0. The highest BCUT2D eigenvalue weighted by molar-refractivity contribution is 6.18. The molecule has 2 fully saturated rings. The maximum Gasteiger partial charge on any atom is 0.328 e. The van der Waals surface area contributed by atoms with Crippen molar-refractivity contribution in [1.29, 1.82) is 0 Å². The molecule has 0 bridgehead atoms. The Morgan fingerprint density at radius 3 is 1.20 bits per heavy atom. The molecule has 2 atom stereocenters. The van der Waals surface area contributed by atoms with Crippen LogP contribution >= 0.6 is 0 Å². The zero-order valence-electron chi connectivity index (χ0n) is 20.6. The van der Waals surface area contributed by atoms with Gasteiger partial charge < -0.3 is 0 Å². The molecule has 2 unspecified atom stereocenters. The average Bonchev–Trinajstić information content (AvgIpc) is 2.92. The van der Waals surface area contributed by atoms with Crippen LogP contribution in [0.2, 0.25) is 0 Å². The first-order chi connectivity index (χ1) is 19.3. The molecule has 2 aromatic carbocycles. The quantitative estimate of drug-likeness (QED) is 0.278. The van der Waals surface area contributed by atoms with Gasteiger partial charge in [-0.25, -0.2) is 9.59 Å². The molecule has 4 N–H and O–H groups in total. The number of hydrogen-bond donors (Lipinski definition) is 4. The summed E-state index contributed by atoms with van der Waals surface area (Å²) < 4.78 is 0. The van der Waals surface area contributed by atoms with E-state index >= 15 is 0 Å². The summed E-state index contributed by atoms with van der Waals surface area (Å²) in [6.07, 6.45) is 0. The number of pyridine rings is 2. The molecule has 0 aliphatic carbocycles. The minimum atomic E-state index is -1.58. The highest BCUT2D eigenvalue weighted by atomic mass is 16.2. The van der Waals surface area contributed by atoms with Crippen molar-refractivity contribution in [2.45, 2.75) is 11.8 Å². The van der Waals surface area contributed by atoms with Crippen molar-refractivity contribution in [2.24, 2.45) is 11.8 Å². The molecule has 12 nitrogen and oxygen atoms in total. The third-order valence-electron chi connectivity index (χ3n) is 7.10. The van der Waals surface area contributed by atoms with Gasteiger partial charge in [0.05, 0.1) is 11.0 Å². The molecular formula is C28H20N6O6. The summed E-state index contributed by atoms with van der Waals surface area (Å²) >= 11 is 0. The van der Waals surface area contributed by atoms with Crippen LogP contribution in [-0.4, -0.2) is 45.7 Å². The number of urea groups is 2. The Labute approximate surface area is 225 Å². The minimum Gasteiger partial charge on any atom is -0.277 e. The van der Waals surface area contributed by atoms with Crippen LogP contribution in [0.15, 0.2) is 72.8 Å². The Balaban J connectivity index is 1.61. The van der Waals surface area contributed by atoms with Gasteiger partial charge >= 0.3 is 12.1 Å². The maximum absolute atomic E-state index is 13.2. The smallest absolute Gasteiger partial charge is 0.277 e. The van der Waals surface area contributed by atoms with Crippen molar-refractivity contribution in [2.75, 3.05) is 0 Å². The Kier molecular flexibility index (Phi) is 5.99. The molecule has 0 spiro atoms. The number of carbonyl (C=O) groups is 6. The van der Waals surface area contributed by atoms with E-state index in [2.05, 4.69) is 21.3 Å². The van der Waals surface area contributed by atoms with Gasteiger partial charge in [-0.15, -0.1) is 0 Å². The SMILES string of the molecule is O=C1NC(=O)C(C(c2ccc3ccccc3n2)C(c2ccc3ccccc3n2)C2C(=O)NC(=O)NC2=O)C(=O)N1. The second-order valence-corrected chi connectivity index (χ2v) is 9.48. The molecule has 2 saturated heterocycles. The first-order valence-corrected chi connectivity index (χ1v) is 12.3. The van der Waals surface area contributed by atoms with Gasteiger partial charge in [0.2, 0.25) is 23.6 Å². The number of benzene rings is 2. The summed E-state index contributed by atoms with van der Waals surface area (Å²) in [6, 6.07) is 19.0. The van der Waals surface area contributed by atoms with Crippen LogP contribution in [0.4, 0.5) is 9.59 Å². The van der Waals surface area contributed by atoms with E-state index in [0.29, 0.717) is 11.0 Å². The Hall–Kier alpha value is -5.52. The van der Waals surface area contributed by atoms with Crippen LogP contribution in [0, 0.1) is 11.8 Å². The predicted octanol–water partition coefficient (Wildman–Crippen LogP) is 1.61. The third-order valence-corrected chi connectivity index (χ3v) is 7.10. The fourth-order valence-corrected chi connectivity index (χ4v) is 5.37. The number of amides is 8. The summed E-state index contributed by atoms with van der Waals surface area (Å²) in [5, 5.41) is 9.96. The van der Waals surface area contributed by atoms with Crippen molar-refractivity contribution in [1.82, 2.24) is 31.2 Å². The predicted molar refractivity (Wildman–Crippen MR) is 139 cm³/mol. The second kappa shape index (κ2) is 9.66. The van der Waals surface area contributed by atoms with Crippen molar-refractivity contribution in [3.63, 3.8) is 0 Å². The summed E-state index contributed by atoms with van der Waals surface area (Å²) in [7, 11) is 0. The molecule has 40 heavy (non-hydrogen) atoms. The third kappa shape index (κ3) is 4.30. The lowest BCUT2D eigenvalue weighted by Crippen LogP contribution is -2.61. The van der Waals surface area contributed by atoms with E-state index < -0.39 is 59.4 Å². The van der Waals surface area contributed by atoms with Crippen molar-refractivity contribution in [3.05, 3.63) is 84.2 Å². The summed E-state index contributed by atoms with van der Waals surface area (Å²) in [4.78, 5) is 86.2. The monoisotopic (exact) mass is 536 g/mol. The molecule has 4 heterocycles. The number of para-hydroxylation sites is 2. The number of nitrogens with one attached hydrogen (secondary N) is 4. The van der Waals surface area contributed by atoms with E-state index in [1.54, 1.807) is 48.5 Å². The topological polar surface area (TPSA) is 176 Å². The Bertz CT molecular complexity index is 1600. The van der Waals surface area contributed by atoms with Crippen LogP contribution in [-0.2, 0) is 19.2 Å². The van der Waals surface area contributed by atoms with E-state index in [1.807, 2.05) is 24.3 Å². The molecule has 12 heteroatoms. The van der Waals surface area contributed by atoms with E-state index in [1.165, 1.54) is 0 Å². The Morgan fingerprint density at radius 1 is 0.475 bits per heavy atom. The van der Waals surface area contributed by atoms with E-state index in [0.717, 1.165) is 10.8 Å². The molecule has 198 valence electrons. The lowest BCUT2D eigenvalue weighted by atomic mass is 9.69. The van der Waals surface area contributed by atoms with E-state index in [9.17, 15) is 28.8 Å². The first kappa shape index (κ1) is 24.8. The molecule has 6 rings (SSSR count). The van der Waals surface area contributed by atoms with Crippen molar-refractivity contribution < 1.29 is 28.8 Å². The number of carbonyl (C=O) groups excluding carboxylic acids is 6. The normalized spacial score (nSPS) is 18.2. The lowest BCUT2D eigenvalue weighted by molar-refractivity contribution is -0.142. The zero-order chi connectivity index (χ0) is 28.0. The highest BCUT2D eigenvalue weighted by Gasteiger charge is 2.52.